The summed E-state index contributed by atoms with van der Waals surface area (Å²) in [6.07, 6.45) is -4.53. The monoisotopic (exact) mass is 410 g/mol. The first-order valence-electron chi connectivity index (χ1n) is 6.90. The Bertz CT molecular complexity index is 825. The van der Waals surface area contributed by atoms with E-state index in [-0.39, 0.29) is 5.56 Å². The molecule has 4 nitrogen and oxygen atoms in total. The number of nitrogens with zero attached hydrogens (tertiary/aromatic N) is 1. The maximum Gasteiger partial charge on any atom is 0.416 e. The van der Waals surface area contributed by atoms with Crippen molar-refractivity contribution in [1.29, 1.82) is 5.26 Å². The Morgan fingerprint density at radius 1 is 1.04 bits per heavy atom. The van der Waals surface area contributed by atoms with Crippen LogP contribution in [0.2, 0.25) is 0 Å². The van der Waals surface area contributed by atoms with Crippen molar-refractivity contribution in [3.05, 3.63) is 64.1 Å². The summed E-state index contributed by atoms with van der Waals surface area (Å²) in [5, 5.41) is 11.5. The Morgan fingerprint density at radius 3 is 2.08 bits per heavy atom. The SMILES string of the molecule is N#CC(C(=O)Nc1ccc(Br)cc1)C(=O)c1ccc(C(F)(F)F)cc1. The maximum absolute atomic E-state index is 12.5. The fourth-order valence-electron chi connectivity index (χ4n) is 1.97. The van der Waals surface area contributed by atoms with Gasteiger partial charge >= 0.3 is 6.18 Å². The molecule has 1 N–H and O–H groups in total. The second kappa shape index (κ2) is 7.49. The number of nitriles is 1. The summed E-state index contributed by atoms with van der Waals surface area (Å²) in [7, 11) is 0. The molecule has 0 fully saturated rings. The number of amides is 1. The van der Waals surface area contributed by atoms with Gasteiger partial charge in [-0.15, -0.1) is 0 Å². The molecule has 0 radical (unpaired) electrons. The first-order chi connectivity index (χ1) is 11.7. The van der Waals surface area contributed by atoms with Gasteiger partial charge in [0.05, 0.1) is 11.6 Å². The van der Waals surface area contributed by atoms with Crippen LogP contribution < -0.4 is 5.32 Å². The van der Waals surface area contributed by atoms with Crippen LogP contribution in [-0.2, 0) is 11.0 Å². The summed E-state index contributed by atoms with van der Waals surface area (Å²) in [6, 6.07) is 11.4. The van der Waals surface area contributed by atoms with E-state index >= 15 is 0 Å². The predicted octanol–water partition coefficient (Wildman–Crippen LogP) is 4.43. The molecule has 2 rings (SSSR count). The molecular weight excluding hydrogens is 401 g/mol. The number of carbonyl (C=O) groups excluding carboxylic acids is 2. The molecule has 0 aliphatic carbocycles. The van der Waals surface area contributed by atoms with Gasteiger partial charge in [-0.2, -0.15) is 18.4 Å². The number of halogens is 4. The van der Waals surface area contributed by atoms with Crippen LogP contribution >= 0.6 is 15.9 Å². The minimum atomic E-state index is -4.53. The smallest absolute Gasteiger partial charge is 0.325 e. The van der Waals surface area contributed by atoms with E-state index in [1.54, 1.807) is 30.3 Å². The van der Waals surface area contributed by atoms with Gasteiger partial charge in [0.15, 0.2) is 11.7 Å². The van der Waals surface area contributed by atoms with Gasteiger partial charge in [0.2, 0.25) is 5.91 Å². The lowest BCUT2D eigenvalue weighted by Crippen LogP contribution is -2.28. The second-order valence-corrected chi connectivity index (χ2v) is 5.91. The van der Waals surface area contributed by atoms with Crippen molar-refractivity contribution in [2.45, 2.75) is 6.18 Å². The highest BCUT2D eigenvalue weighted by Gasteiger charge is 2.32. The molecule has 0 aliphatic heterocycles. The quantitative estimate of drug-likeness (QED) is 0.598. The zero-order valence-corrected chi connectivity index (χ0v) is 14.1. The Kier molecular flexibility index (Phi) is 5.59. The minimum Gasteiger partial charge on any atom is -0.325 e. The number of benzene rings is 2. The van der Waals surface area contributed by atoms with E-state index in [1.807, 2.05) is 0 Å². The number of Topliss-reactive ketones (excluding diaryl/α,β-unsaturated/α-hetero) is 1. The third-order valence-corrected chi connectivity index (χ3v) is 3.79. The van der Waals surface area contributed by atoms with E-state index in [4.69, 9.17) is 5.26 Å². The maximum atomic E-state index is 12.5. The molecule has 0 aromatic heterocycles. The van der Waals surface area contributed by atoms with E-state index in [0.29, 0.717) is 5.69 Å². The van der Waals surface area contributed by atoms with Crippen LogP contribution in [0.1, 0.15) is 15.9 Å². The highest BCUT2D eigenvalue weighted by atomic mass is 79.9. The Morgan fingerprint density at radius 2 is 1.60 bits per heavy atom. The second-order valence-electron chi connectivity index (χ2n) is 5.00. The minimum absolute atomic E-state index is 0.148. The van der Waals surface area contributed by atoms with Crippen LogP contribution in [0.3, 0.4) is 0 Å². The topological polar surface area (TPSA) is 70.0 Å². The van der Waals surface area contributed by atoms with Gasteiger partial charge in [-0.3, -0.25) is 9.59 Å². The lowest BCUT2D eigenvalue weighted by molar-refractivity contribution is -0.137. The third-order valence-electron chi connectivity index (χ3n) is 3.26. The summed E-state index contributed by atoms with van der Waals surface area (Å²) in [5.74, 6) is -3.39. The normalized spacial score (nSPS) is 12.1. The van der Waals surface area contributed by atoms with Gasteiger partial charge in [0, 0.05) is 15.7 Å². The average molecular weight is 411 g/mol. The van der Waals surface area contributed by atoms with Gasteiger partial charge in [0.1, 0.15) is 0 Å². The van der Waals surface area contributed by atoms with Crippen molar-refractivity contribution in [2.24, 2.45) is 5.92 Å². The van der Waals surface area contributed by atoms with Gasteiger partial charge in [-0.1, -0.05) is 28.1 Å². The summed E-state index contributed by atoms with van der Waals surface area (Å²) in [4.78, 5) is 24.4. The lowest BCUT2D eigenvalue weighted by Gasteiger charge is -2.11. The molecule has 128 valence electrons. The molecule has 2 aromatic rings. The number of anilines is 1. The van der Waals surface area contributed by atoms with Crippen molar-refractivity contribution >= 4 is 33.3 Å². The standard InChI is InChI=1S/C17H10BrF3N2O2/c18-12-5-7-13(8-6-12)23-16(25)14(9-22)15(24)10-1-3-11(4-2-10)17(19,20)21/h1-8,14H,(H,23,25). The first-order valence-corrected chi connectivity index (χ1v) is 7.69. The number of hydrogen-bond donors (Lipinski definition) is 1. The summed E-state index contributed by atoms with van der Waals surface area (Å²) in [6.45, 7) is 0. The van der Waals surface area contributed by atoms with Gasteiger partial charge in [0.25, 0.3) is 0 Å². The van der Waals surface area contributed by atoms with Crippen molar-refractivity contribution < 1.29 is 22.8 Å². The van der Waals surface area contributed by atoms with E-state index in [0.717, 1.165) is 28.7 Å². The van der Waals surface area contributed by atoms with Crippen molar-refractivity contribution in [3.8, 4) is 6.07 Å². The van der Waals surface area contributed by atoms with Gasteiger partial charge in [-0.25, -0.2) is 0 Å². The number of nitrogens with one attached hydrogen (secondary N) is 1. The molecule has 0 aliphatic rings. The Balaban J connectivity index is 2.16. The lowest BCUT2D eigenvalue weighted by atomic mass is 9.97. The molecule has 1 unspecified atom stereocenters. The first kappa shape index (κ1) is 18.7. The fraction of sp³-hybridized carbons (Fsp3) is 0.118. The molecule has 2 aromatic carbocycles. The van der Waals surface area contributed by atoms with Crippen LogP contribution in [-0.4, -0.2) is 11.7 Å². The van der Waals surface area contributed by atoms with Gasteiger partial charge in [-0.05, 0) is 36.4 Å². The molecular formula is C17H10BrF3N2O2. The Labute approximate surface area is 149 Å². The van der Waals surface area contributed by atoms with Crippen LogP contribution in [0.25, 0.3) is 0 Å². The zero-order valence-electron chi connectivity index (χ0n) is 12.5. The number of carbonyl (C=O) groups is 2. The molecule has 0 saturated carbocycles. The van der Waals surface area contributed by atoms with Crippen LogP contribution in [0.15, 0.2) is 53.0 Å². The van der Waals surface area contributed by atoms with Crippen molar-refractivity contribution in [1.82, 2.24) is 0 Å². The molecule has 0 heterocycles. The van der Waals surface area contributed by atoms with E-state index in [9.17, 15) is 22.8 Å². The van der Waals surface area contributed by atoms with Crippen LogP contribution in [0, 0.1) is 17.2 Å². The average Bonchev–Trinajstić information content (AvgIpc) is 2.57. The molecule has 0 bridgehead atoms. The Hall–Kier alpha value is -2.66. The van der Waals surface area contributed by atoms with Crippen LogP contribution in [0.5, 0.6) is 0 Å². The van der Waals surface area contributed by atoms with E-state index in [2.05, 4.69) is 21.2 Å². The largest absolute Gasteiger partial charge is 0.416 e. The highest BCUT2D eigenvalue weighted by molar-refractivity contribution is 9.10. The fourth-order valence-corrected chi connectivity index (χ4v) is 2.24. The van der Waals surface area contributed by atoms with Crippen molar-refractivity contribution in [3.63, 3.8) is 0 Å². The van der Waals surface area contributed by atoms with E-state index in [1.165, 1.54) is 0 Å². The molecule has 1 amide bonds. The molecule has 0 saturated heterocycles. The zero-order chi connectivity index (χ0) is 18.6. The third kappa shape index (κ3) is 4.67. The molecule has 8 heteroatoms. The summed E-state index contributed by atoms with van der Waals surface area (Å²) in [5.41, 5.74) is -0.684. The number of hydrogen-bond acceptors (Lipinski definition) is 3. The van der Waals surface area contributed by atoms with E-state index < -0.39 is 29.3 Å². The summed E-state index contributed by atoms with van der Waals surface area (Å²) < 4.78 is 38.4. The number of rotatable bonds is 4. The molecule has 25 heavy (non-hydrogen) atoms. The molecule has 1 atom stereocenters. The van der Waals surface area contributed by atoms with Crippen molar-refractivity contribution in [2.75, 3.05) is 5.32 Å². The summed E-state index contributed by atoms with van der Waals surface area (Å²) >= 11 is 3.23. The number of alkyl halides is 3. The predicted molar refractivity (Wildman–Crippen MR) is 87.6 cm³/mol. The number of ketones is 1. The highest BCUT2D eigenvalue weighted by Crippen LogP contribution is 2.29. The van der Waals surface area contributed by atoms with Gasteiger partial charge < -0.3 is 5.32 Å². The molecule has 0 spiro atoms. The van der Waals surface area contributed by atoms with Crippen LogP contribution in [0.4, 0.5) is 18.9 Å².